The number of nitrogens with zero attached hydrogens (tertiary/aromatic N) is 4. The number of imidazole rings is 1. The molecule has 1 fully saturated rings. The minimum absolute atomic E-state index is 0.0458. The Morgan fingerprint density at radius 3 is 2.48 bits per heavy atom. The van der Waals surface area contributed by atoms with Gasteiger partial charge in [0.1, 0.15) is 12.6 Å². The van der Waals surface area contributed by atoms with E-state index in [4.69, 9.17) is 9.84 Å². The Morgan fingerprint density at radius 2 is 1.90 bits per heavy atom. The molecule has 0 aliphatic heterocycles. The van der Waals surface area contributed by atoms with Crippen LogP contribution in [0.5, 0.6) is 0 Å². The summed E-state index contributed by atoms with van der Waals surface area (Å²) in [5, 5.41) is 32.8. The topological polar surface area (TPSA) is 126 Å². The molecule has 9 heteroatoms. The quantitative estimate of drug-likeness (QED) is 0.470. The van der Waals surface area contributed by atoms with Crippen LogP contribution in [0.25, 0.3) is 11.2 Å². The lowest BCUT2D eigenvalue weighted by Crippen LogP contribution is -2.30. The van der Waals surface area contributed by atoms with Crippen molar-refractivity contribution in [2.24, 2.45) is 5.92 Å². The lowest BCUT2D eigenvalue weighted by molar-refractivity contribution is -0.0796. The third-order valence-corrected chi connectivity index (χ3v) is 5.29. The van der Waals surface area contributed by atoms with Gasteiger partial charge in [-0.1, -0.05) is 41.5 Å². The van der Waals surface area contributed by atoms with E-state index in [1.807, 2.05) is 41.5 Å². The maximum absolute atomic E-state index is 10.3. The summed E-state index contributed by atoms with van der Waals surface area (Å²) in [6, 6.07) is -0.0458. The maximum Gasteiger partial charge on any atom is 0.167 e. The first kappa shape index (κ1) is 27.2. The summed E-state index contributed by atoms with van der Waals surface area (Å²) in [6.45, 7) is 11.8. The number of rotatable bonds is 9. The van der Waals surface area contributed by atoms with Crippen molar-refractivity contribution in [1.29, 1.82) is 0 Å². The fraction of sp³-hybridized carbons (Fsp3) is 0.773. The Morgan fingerprint density at radius 1 is 1.19 bits per heavy atom. The fourth-order valence-electron chi connectivity index (χ4n) is 3.65. The van der Waals surface area contributed by atoms with E-state index in [1.54, 1.807) is 10.9 Å². The van der Waals surface area contributed by atoms with Gasteiger partial charge in [0.15, 0.2) is 17.0 Å². The number of anilines is 1. The second-order valence-electron chi connectivity index (χ2n) is 7.12. The Labute approximate surface area is 185 Å². The van der Waals surface area contributed by atoms with Gasteiger partial charge in [-0.3, -0.25) is 4.57 Å². The van der Waals surface area contributed by atoms with E-state index in [0.717, 1.165) is 19.3 Å². The van der Waals surface area contributed by atoms with E-state index in [1.165, 1.54) is 6.33 Å². The standard InChI is InChI=1S/C18H29N5O4.2C2H6/c1-3-13(25)11(2)18(27-8-7-24)23-10-21-15-16(19-9-20-17(15)23)22-12-5-4-6-14(12)26;2*1-2/h9-14,18,24-26H,3-8H2,1-2H3,(H,19,20,22);2*1-2H3/t11-,12?,13-,14?,18-;;/m1../s1. The highest BCUT2D eigenvalue weighted by Gasteiger charge is 2.29. The molecular formula is C22H41N5O4. The third kappa shape index (κ3) is 6.83. The van der Waals surface area contributed by atoms with Crippen LogP contribution in [0.1, 0.15) is 73.5 Å². The number of hydrogen-bond acceptors (Lipinski definition) is 8. The number of aliphatic hydroxyl groups is 3. The third-order valence-electron chi connectivity index (χ3n) is 5.29. The van der Waals surface area contributed by atoms with E-state index < -0.39 is 18.4 Å². The molecule has 0 bridgehead atoms. The molecule has 0 radical (unpaired) electrons. The van der Waals surface area contributed by atoms with E-state index in [2.05, 4.69) is 20.3 Å². The molecule has 1 aliphatic carbocycles. The summed E-state index contributed by atoms with van der Waals surface area (Å²) < 4.78 is 7.58. The van der Waals surface area contributed by atoms with Gasteiger partial charge in [-0.15, -0.1) is 0 Å². The van der Waals surface area contributed by atoms with Gasteiger partial charge in [0.2, 0.25) is 0 Å². The summed E-state index contributed by atoms with van der Waals surface area (Å²) in [6.07, 6.45) is 4.84. The molecule has 0 aromatic carbocycles. The number of fused-ring (bicyclic) bond motifs is 1. The molecule has 4 N–H and O–H groups in total. The van der Waals surface area contributed by atoms with Gasteiger partial charge in [-0.05, 0) is 25.7 Å². The van der Waals surface area contributed by atoms with Crippen molar-refractivity contribution in [1.82, 2.24) is 19.5 Å². The zero-order valence-corrected chi connectivity index (χ0v) is 19.8. The van der Waals surface area contributed by atoms with Gasteiger partial charge in [-0.25, -0.2) is 15.0 Å². The second-order valence-corrected chi connectivity index (χ2v) is 7.12. The van der Waals surface area contributed by atoms with Crippen LogP contribution >= 0.6 is 0 Å². The molecule has 2 unspecified atom stereocenters. The van der Waals surface area contributed by atoms with E-state index in [0.29, 0.717) is 23.4 Å². The lowest BCUT2D eigenvalue weighted by Gasteiger charge is -2.28. The molecule has 0 spiro atoms. The van der Waals surface area contributed by atoms with Gasteiger partial charge in [0.25, 0.3) is 0 Å². The monoisotopic (exact) mass is 439 g/mol. The van der Waals surface area contributed by atoms with Crippen molar-refractivity contribution < 1.29 is 20.1 Å². The van der Waals surface area contributed by atoms with Crippen LogP contribution < -0.4 is 5.32 Å². The fourth-order valence-corrected chi connectivity index (χ4v) is 3.65. The summed E-state index contributed by atoms with van der Waals surface area (Å²) in [7, 11) is 0. The number of ether oxygens (including phenoxy) is 1. The van der Waals surface area contributed by atoms with Crippen LogP contribution in [0.4, 0.5) is 5.82 Å². The minimum Gasteiger partial charge on any atom is -0.394 e. The highest BCUT2D eigenvalue weighted by Crippen LogP contribution is 2.30. The number of nitrogens with one attached hydrogen (secondary N) is 1. The van der Waals surface area contributed by atoms with Crippen molar-refractivity contribution in [3.63, 3.8) is 0 Å². The number of aliphatic hydroxyl groups excluding tert-OH is 3. The van der Waals surface area contributed by atoms with Crippen molar-refractivity contribution in [3.05, 3.63) is 12.7 Å². The van der Waals surface area contributed by atoms with Crippen LogP contribution in [-0.2, 0) is 4.74 Å². The SMILES string of the molecule is CC.CC.CC[C@@H](O)[C@@H](C)[C@@H](OCCO)n1cnc2c(NC3CCCC3O)ncnc21. The molecule has 0 saturated heterocycles. The van der Waals surface area contributed by atoms with Crippen molar-refractivity contribution in [2.45, 2.75) is 91.7 Å². The summed E-state index contributed by atoms with van der Waals surface area (Å²) in [5.41, 5.74) is 1.17. The zero-order chi connectivity index (χ0) is 23.4. The molecule has 1 aliphatic rings. The molecule has 2 aromatic heterocycles. The molecule has 2 aromatic rings. The lowest BCUT2D eigenvalue weighted by atomic mass is 10.0. The molecule has 1 saturated carbocycles. The highest BCUT2D eigenvalue weighted by atomic mass is 16.5. The molecule has 178 valence electrons. The van der Waals surface area contributed by atoms with Crippen LogP contribution in [0.2, 0.25) is 0 Å². The Kier molecular flexibility index (Phi) is 12.5. The molecule has 0 amide bonds. The highest BCUT2D eigenvalue weighted by molar-refractivity contribution is 5.82. The van der Waals surface area contributed by atoms with Gasteiger partial charge in [0.05, 0.1) is 37.8 Å². The average molecular weight is 440 g/mol. The van der Waals surface area contributed by atoms with Crippen LogP contribution in [0, 0.1) is 5.92 Å². The maximum atomic E-state index is 10.3. The molecule has 3 rings (SSSR count). The Hall–Kier alpha value is -1.81. The average Bonchev–Trinajstić information content (AvgIpc) is 3.43. The predicted molar refractivity (Wildman–Crippen MR) is 123 cm³/mol. The van der Waals surface area contributed by atoms with Gasteiger partial charge in [0, 0.05) is 5.92 Å². The van der Waals surface area contributed by atoms with Crippen LogP contribution in [0.3, 0.4) is 0 Å². The smallest absolute Gasteiger partial charge is 0.167 e. The van der Waals surface area contributed by atoms with Crippen LogP contribution in [0.15, 0.2) is 12.7 Å². The van der Waals surface area contributed by atoms with Gasteiger partial charge < -0.3 is 25.4 Å². The second kappa shape index (κ2) is 14.3. The Balaban J connectivity index is 0.00000113. The molecule has 9 nitrogen and oxygen atoms in total. The molecule has 5 atom stereocenters. The first-order chi connectivity index (χ1) is 15.1. The molecule has 2 heterocycles. The minimum atomic E-state index is -0.556. The van der Waals surface area contributed by atoms with Gasteiger partial charge in [-0.2, -0.15) is 0 Å². The summed E-state index contributed by atoms with van der Waals surface area (Å²) >= 11 is 0. The van der Waals surface area contributed by atoms with Crippen molar-refractivity contribution >= 4 is 17.0 Å². The Bertz CT molecular complexity index is 742. The number of hydrogen-bond donors (Lipinski definition) is 4. The number of aromatic nitrogens is 4. The summed E-state index contributed by atoms with van der Waals surface area (Å²) in [4.78, 5) is 13.1. The zero-order valence-electron chi connectivity index (χ0n) is 19.8. The molecule has 31 heavy (non-hydrogen) atoms. The van der Waals surface area contributed by atoms with Crippen molar-refractivity contribution in [2.75, 3.05) is 18.5 Å². The van der Waals surface area contributed by atoms with Crippen LogP contribution in [-0.4, -0.2) is 66.3 Å². The summed E-state index contributed by atoms with van der Waals surface area (Å²) in [5.74, 6) is 0.358. The van der Waals surface area contributed by atoms with E-state index in [-0.39, 0.29) is 25.2 Å². The first-order valence-corrected chi connectivity index (χ1v) is 11.6. The largest absolute Gasteiger partial charge is 0.394 e. The van der Waals surface area contributed by atoms with E-state index in [9.17, 15) is 10.2 Å². The van der Waals surface area contributed by atoms with E-state index >= 15 is 0 Å². The first-order valence-electron chi connectivity index (χ1n) is 11.6. The van der Waals surface area contributed by atoms with Crippen molar-refractivity contribution in [3.8, 4) is 0 Å². The predicted octanol–water partition coefficient (Wildman–Crippen LogP) is 3.12. The van der Waals surface area contributed by atoms with Gasteiger partial charge >= 0.3 is 0 Å². The normalized spacial score (nSPS) is 20.8. The molecular weight excluding hydrogens is 398 g/mol.